The molecule has 4 rings (SSSR count). The van der Waals surface area contributed by atoms with E-state index in [1.807, 2.05) is 0 Å². The summed E-state index contributed by atoms with van der Waals surface area (Å²) in [5, 5.41) is 0. The topological polar surface area (TPSA) is 59.7 Å². The Labute approximate surface area is 160 Å². The maximum Gasteiger partial charge on any atom is 0.163 e. The van der Waals surface area contributed by atoms with Crippen LogP contribution in [0.5, 0.6) is 0 Å². The van der Waals surface area contributed by atoms with Crippen molar-refractivity contribution in [3.05, 3.63) is 59.4 Å². The third kappa shape index (κ3) is 3.22. The van der Waals surface area contributed by atoms with Gasteiger partial charge in [0.2, 0.25) is 0 Å². The highest BCUT2D eigenvalue weighted by Crippen LogP contribution is 2.49. The zero-order valence-electron chi connectivity index (χ0n) is 15.2. The summed E-state index contributed by atoms with van der Waals surface area (Å²) in [6.07, 6.45) is 5.93. The van der Waals surface area contributed by atoms with Gasteiger partial charge in [-0.3, -0.25) is 4.99 Å². The molecule has 146 valence electrons. The molecule has 2 aromatic rings. The van der Waals surface area contributed by atoms with E-state index in [1.54, 1.807) is 13.1 Å². The van der Waals surface area contributed by atoms with Crippen molar-refractivity contribution >= 4 is 12.6 Å². The Hall–Kier alpha value is -2.61. The standard InChI is InChI=1S/C20H19F3N4O/c1-12(19-18(23)8-26-11-27-19)20(16-3-2-15(21)4-17(16)22)5-13-6-24-10-25-7-14(13)9-28-20/h2-4,6,8,10-14H,5,7,9H2,1H3/t12-,13?,14?,20+/m1/s1. The number of rotatable bonds is 3. The van der Waals surface area contributed by atoms with Gasteiger partial charge in [0.25, 0.3) is 0 Å². The third-order valence-corrected chi connectivity index (χ3v) is 5.66. The molecule has 0 N–H and O–H groups in total. The molecule has 1 aromatic heterocycles. The monoisotopic (exact) mass is 388 g/mol. The van der Waals surface area contributed by atoms with Gasteiger partial charge in [0, 0.05) is 42.1 Å². The molecule has 28 heavy (non-hydrogen) atoms. The minimum absolute atomic E-state index is 0.0481. The van der Waals surface area contributed by atoms with Crippen LogP contribution in [0.25, 0.3) is 0 Å². The number of hydrogen-bond donors (Lipinski definition) is 0. The van der Waals surface area contributed by atoms with Crippen LogP contribution in [0.2, 0.25) is 0 Å². The second-order valence-electron chi connectivity index (χ2n) is 7.21. The van der Waals surface area contributed by atoms with Crippen molar-refractivity contribution in [1.82, 2.24) is 9.97 Å². The van der Waals surface area contributed by atoms with Crippen molar-refractivity contribution in [1.29, 1.82) is 0 Å². The Morgan fingerprint density at radius 3 is 2.86 bits per heavy atom. The predicted molar refractivity (Wildman–Crippen MR) is 97.8 cm³/mol. The Morgan fingerprint density at radius 2 is 2.07 bits per heavy atom. The Bertz CT molecular complexity index is 935. The summed E-state index contributed by atoms with van der Waals surface area (Å²) < 4.78 is 49.1. The smallest absolute Gasteiger partial charge is 0.163 e. The summed E-state index contributed by atoms with van der Waals surface area (Å²) in [4.78, 5) is 16.1. The molecule has 1 saturated heterocycles. The lowest BCUT2D eigenvalue weighted by atomic mass is 9.70. The number of ether oxygens (including phenoxy) is 1. The van der Waals surface area contributed by atoms with Gasteiger partial charge in [0.1, 0.15) is 29.9 Å². The molecule has 0 radical (unpaired) electrons. The molecule has 3 heterocycles. The fourth-order valence-electron chi connectivity index (χ4n) is 4.11. The first-order chi connectivity index (χ1) is 13.5. The zero-order valence-corrected chi connectivity index (χ0v) is 15.2. The van der Waals surface area contributed by atoms with E-state index in [-0.39, 0.29) is 23.1 Å². The number of fused-ring (bicyclic) bond motifs is 1. The van der Waals surface area contributed by atoms with E-state index < -0.39 is 29.0 Å². The molecule has 1 aromatic carbocycles. The second kappa shape index (κ2) is 7.43. The second-order valence-corrected chi connectivity index (χ2v) is 7.21. The quantitative estimate of drug-likeness (QED) is 0.806. The Kier molecular flexibility index (Phi) is 4.97. The zero-order chi connectivity index (χ0) is 19.7. The SMILES string of the molecule is C[C@H](c1ncncc1F)[C@]1(c2ccc(F)cc2F)CC2C=NC=NCC2CO1. The van der Waals surface area contributed by atoms with Crippen molar-refractivity contribution in [2.75, 3.05) is 13.2 Å². The highest BCUT2D eigenvalue weighted by atomic mass is 19.1. The van der Waals surface area contributed by atoms with Crippen LogP contribution in [-0.4, -0.2) is 35.7 Å². The van der Waals surface area contributed by atoms with Crippen molar-refractivity contribution in [3.63, 3.8) is 0 Å². The van der Waals surface area contributed by atoms with E-state index in [0.717, 1.165) is 12.3 Å². The summed E-state index contributed by atoms with van der Waals surface area (Å²) in [5.74, 6) is -2.62. The molecule has 8 heteroatoms. The molecule has 2 aliphatic heterocycles. The molecule has 2 aliphatic rings. The Balaban J connectivity index is 1.83. The van der Waals surface area contributed by atoms with Crippen LogP contribution in [0.15, 0.2) is 40.7 Å². The van der Waals surface area contributed by atoms with Crippen LogP contribution >= 0.6 is 0 Å². The lowest BCUT2D eigenvalue weighted by Crippen LogP contribution is -2.47. The van der Waals surface area contributed by atoms with E-state index in [0.29, 0.717) is 19.6 Å². The normalized spacial score (nSPS) is 27.9. The van der Waals surface area contributed by atoms with Gasteiger partial charge in [0.15, 0.2) is 5.82 Å². The fraction of sp³-hybridized carbons (Fsp3) is 0.400. The van der Waals surface area contributed by atoms with Gasteiger partial charge >= 0.3 is 0 Å². The van der Waals surface area contributed by atoms with E-state index in [9.17, 15) is 13.2 Å². The molecule has 0 saturated carbocycles. The summed E-state index contributed by atoms with van der Waals surface area (Å²) in [6.45, 7) is 2.57. The average Bonchev–Trinajstić information content (AvgIpc) is 2.92. The van der Waals surface area contributed by atoms with Crippen LogP contribution in [-0.2, 0) is 10.3 Å². The van der Waals surface area contributed by atoms with E-state index in [2.05, 4.69) is 20.0 Å². The third-order valence-electron chi connectivity index (χ3n) is 5.66. The summed E-state index contributed by atoms with van der Waals surface area (Å²) in [7, 11) is 0. The first kappa shape index (κ1) is 18.7. The molecular weight excluding hydrogens is 369 g/mol. The highest BCUT2D eigenvalue weighted by Gasteiger charge is 2.49. The first-order valence-corrected chi connectivity index (χ1v) is 9.08. The number of aromatic nitrogens is 2. The lowest BCUT2D eigenvalue weighted by molar-refractivity contribution is -0.132. The van der Waals surface area contributed by atoms with Crippen LogP contribution in [0.1, 0.15) is 30.5 Å². The lowest BCUT2D eigenvalue weighted by Gasteiger charge is -2.46. The van der Waals surface area contributed by atoms with Gasteiger partial charge in [-0.05, 0) is 12.5 Å². The molecule has 5 nitrogen and oxygen atoms in total. The molecule has 0 bridgehead atoms. The Morgan fingerprint density at radius 1 is 1.21 bits per heavy atom. The van der Waals surface area contributed by atoms with Gasteiger partial charge in [-0.2, -0.15) is 0 Å². The average molecular weight is 388 g/mol. The van der Waals surface area contributed by atoms with Crippen LogP contribution < -0.4 is 0 Å². The first-order valence-electron chi connectivity index (χ1n) is 9.08. The molecule has 0 aliphatic carbocycles. The summed E-state index contributed by atoms with van der Waals surface area (Å²) >= 11 is 0. The van der Waals surface area contributed by atoms with Gasteiger partial charge < -0.3 is 4.74 Å². The fourth-order valence-corrected chi connectivity index (χ4v) is 4.11. The number of halogens is 3. The van der Waals surface area contributed by atoms with Crippen molar-refractivity contribution in [2.45, 2.75) is 24.9 Å². The highest BCUT2D eigenvalue weighted by molar-refractivity contribution is 5.75. The van der Waals surface area contributed by atoms with E-state index >= 15 is 0 Å². The maximum atomic E-state index is 14.9. The molecular formula is C20H19F3N4O. The van der Waals surface area contributed by atoms with E-state index in [4.69, 9.17) is 4.74 Å². The van der Waals surface area contributed by atoms with Crippen molar-refractivity contribution < 1.29 is 17.9 Å². The molecule has 0 amide bonds. The van der Waals surface area contributed by atoms with Gasteiger partial charge in [0.05, 0.1) is 18.5 Å². The molecule has 2 unspecified atom stereocenters. The molecule has 1 fully saturated rings. The van der Waals surface area contributed by atoms with Gasteiger partial charge in [-0.1, -0.05) is 13.0 Å². The van der Waals surface area contributed by atoms with Gasteiger partial charge in [-0.15, -0.1) is 0 Å². The predicted octanol–water partition coefficient (Wildman–Crippen LogP) is 3.66. The maximum absolute atomic E-state index is 14.9. The number of benzene rings is 1. The summed E-state index contributed by atoms with van der Waals surface area (Å²) in [6, 6.07) is 3.37. The van der Waals surface area contributed by atoms with Crippen molar-refractivity contribution in [3.8, 4) is 0 Å². The van der Waals surface area contributed by atoms with Crippen LogP contribution in [0.4, 0.5) is 13.2 Å². The molecule has 0 spiro atoms. The molecule has 4 atom stereocenters. The largest absolute Gasteiger partial charge is 0.369 e. The number of nitrogens with zero attached hydrogens (tertiary/aromatic N) is 4. The van der Waals surface area contributed by atoms with Gasteiger partial charge in [-0.25, -0.2) is 28.1 Å². The van der Waals surface area contributed by atoms with Crippen LogP contribution in [0.3, 0.4) is 0 Å². The number of hydrogen-bond acceptors (Lipinski definition) is 5. The van der Waals surface area contributed by atoms with Crippen LogP contribution in [0, 0.1) is 29.3 Å². The number of aliphatic imine (C=N–C) groups is 2. The minimum atomic E-state index is -1.23. The van der Waals surface area contributed by atoms with Crippen molar-refractivity contribution in [2.24, 2.45) is 21.8 Å². The summed E-state index contributed by atoms with van der Waals surface area (Å²) in [5.41, 5.74) is -0.930. The minimum Gasteiger partial charge on any atom is -0.369 e. The van der Waals surface area contributed by atoms with E-state index in [1.165, 1.54) is 24.8 Å².